The van der Waals surface area contributed by atoms with Crippen LogP contribution in [-0.2, 0) is 6.42 Å². The fourth-order valence-corrected chi connectivity index (χ4v) is 2.80. The van der Waals surface area contributed by atoms with E-state index in [1.807, 2.05) is 12.1 Å². The molecule has 17 heavy (non-hydrogen) atoms. The third-order valence-electron chi connectivity index (χ3n) is 4.00. The van der Waals surface area contributed by atoms with E-state index >= 15 is 0 Å². The van der Waals surface area contributed by atoms with Crippen molar-refractivity contribution in [1.29, 1.82) is 0 Å². The van der Waals surface area contributed by atoms with Crippen LogP contribution in [0.5, 0.6) is 5.75 Å². The molecule has 1 aromatic carbocycles. The molecule has 1 saturated carbocycles. The van der Waals surface area contributed by atoms with Gasteiger partial charge in [-0.3, -0.25) is 0 Å². The first-order valence-corrected chi connectivity index (χ1v) is 6.64. The molecule has 3 N–H and O–H groups in total. The zero-order valence-electron chi connectivity index (χ0n) is 10.7. The quantitative estimate of drug-likeness (QED) is 0.770. The highest BCUT2D eigenvalue weighted by Crippen LogP contribution is 2.31. The van der Waals surface area contributed by atoms with Crippen LogP contribution in [0.2, 0.25) is 0 Å². The van der Waals surface area contributed by atoms with Crippen molar-refractivity contribution in [3.63, 3.8) is 0 Å². The minimum atomic E-state index is -0.0399. The Bertz CT molecular complexity index is 360. The molecule has 2 rings (SSSR count). The summed E-state index contributed by atoms with van der Waals surface area (Å²) in [4.78, 5) is 0. The normalized spacial score (nSPS) is 29.9. The summed E-state index contributed by atoms with van der Waals surface area (Å²) < 4.78 is 0. The first kappa shape index (κ1) is 12.4. The SMILES string of the molecule is CC1CCCC(N)(Cc2ccc(O)cc2)CC1. The summed E-state index contributed by atoms with van der Waals surface area (Å²) in [5.74, 6) is 1.15. The standard InChI is InChI=1S/C15H23NO/c1-12-3-2-9-15(16,10-8-12)11-13-4-6-14(17)7-5-13/h4-7,12,17H,2-3,8-11,16H2,1H3. The van der Waals surface area contributed by atoms with Crippen LogP contribution in [0.4, 0.5) is 0 Å². The largest absolute Gasteiger partial charge is 0.508 e. The molecule has 0 bridgehead atoms. The fraction of sp³-hybridized carbons (Fsp3) is 0.600. The predicted molar refractivity (Wildman–Crippen MR) is 71.0 cm³/mol. The molecule has 0 amide bonds. The maximum absolute atomic E-state index is 9.28. The lowest BCUT2D eigenvalue weighted by Gasteiger charge is -2.28. The van der Waals surface area contributed by atoms with Gasteiger partial charge in [-0.1, -0.05) is 31.9 Å². The van der Waals surface area contributed by atoms with Crippen LogP contribution < -0.4 is 5.73 Å². The molecule has 0 spiro atoms. The molecule has 1 fully saturated rings. The van der Waals surface area contributed by atoms with Crippen molar-refractivity contribution in [1.82, 2.24) is 0 Å². The Morgan fingerprint density at radius 3 is 2.65 bits per heavy atom. The summed E-state index contributed by atoms with van der Waals surface area (Å²) in [7, 11) is 0. The van der Waals surface area contributed by atoms with Crippen LogP contribution in [0.15, 0.2) is 24.3 Å². The van der Waals surface area contributed by atoms with E-state index in [-0.39, 0.29) is 5.54 Å². The van der Waals surface area contributed by atoms with Gasteiger partial charge >= 0.3 is 0 Å². The van der Waals surface area contributed by atoms with Gasteiger partial charge in [0.25, 0.3) is 0 Å². The summed E-state index contributed by atoms with van der Waals surface area (Å²) >= 11 is 0. The molecular weight excluding hydrogens is 210 g/mol. The van der Waals surface area contributed by atoms with E-state index in [9.17, 15) is 5.11 Å². The van der Waals surface area contributed by atoms with Crippen molar-refractivity contribution in [2.24, 2.45) is 11.7 Å². The topological polar surface area (TPSA) is 46.2 Å². The first-order valence-electron chi connectivity index (χ1n) is 6.64. The van der Waals surface area contributed by atoms with Crippen LogP contribution in [0.25, 0.3) is 0 Å². The summed E-state index contributed by atoms with van der Waals surface area (Å²) in [6.45, 7) is 2.33. The third kappa shape index (κ3) is 3.47. The molecule has 94 valence electrons. The second-order valence-electron chi connectivity index (χ2n) is 5.74. The van der Waals surface area contributed by atoms with Crippen molar-refractivity contribution < 1.29 is 5.11 Å². The average Bonchev–Trinajstić information content (AvgIpc) is 2.45. The van der Waals surface area contributed by atoms with Crippen LogP contribution >= 0.6 is 0 Å². The average molecular weight is 233 g/mol. The minimum Gasteiger partial charge on any atom is -0.508 e. The van der Waals surface area contributed by atoms with Crippen LogP contribution in [-0.4, -0.2) is 10.6 Å². The molecule has 2 atom stereocenters. The van der Waals surface area contributed by atoms with E-state index in [0.717, 1.165) is 25.2 Å². The molecule has 0 saturated heterocycles. The van der Waals surface area contributed by atoms with E-state index in [4.69, 9.17) is 5.73 Å². The van der Waals surface area contributed by atoms with E-state index in [1.54, 1.807) is 12.1 Å². The Balaban J connectivity index is 2.03. The molecule has 1 aliphatic carbocycles. The van der Waals surface area contributed by atoms with Crippen LogP contribution in [0.3, 0.4) is 0 Å². The van der Waals surface area contributed by atoms with Gasteiger partial charge in [0.2, 0.25) is 0 Å². The maximum Gasteiger partial charge on any atom is 0.115 e. The number of phenolic OH excluding ortho intramolecular Hbond substituents is 1. The van der Waals surface area contributed by atoms with Crippen molar-refractivity contribution in [3.05, 3.63) is 29.8 Å². The summed E-state index contributed by atoms with van der Waals surface area (Å²) in [5, 5.41) is 9.28. The molecule has 2 nitrogen and oxygen atoms in total. The van der Waals surface area contributed by atoms with E-state index in [1.165, 1.54) is 24.8 Å². The van der Waals surface area contributed by atoms with Crippen molar-refractivity contribution in [2.45, 2.75) is 51.0 Å². The number of nitrogens with two attached hydrogens (primary N) is 1. The molecule has 1 aromatic rings. The fourth-order valence-electron chi connectivity index (χ4n) is 2.80. The second-order valence-corrected chi connectivity index (χ2v) is 5.74. The van der Waals surface area contributed by atoms with Gasteiger partial charge in [-0.15, -0.1) is 0 Å². The van der Waals surface area contributed by atoms with Crippen molar-refractivity contribution >= 4 is 0 Å². The molecule has 0 aromatic heterocycles. The second kappa shape index (κ2) is 5.09. The molecule has 2 heteroatoms. The van der Waals surface area contributed by atoms with Crippen molar-refractivity contribution in [2.75, 3.05) is 0 Å². The highest BCUT2D eigenvalue weighted by Gasteiger charge is 2.28. The van der Waals surface area contributed by atoms with Gasteiger partial charge in [0.15, 0.2) is 0 Å². The molecule has 2 unspecified atom stereocenters. The molecule has 0 heterocycles. The lowest BCUT2D eigenvalue weighted by molar-refractivity contribution is 0.363. The first-order chi connectivity index (χ1) is 8.07. The Hall–Kier alpha value is -1.02. The monoisotopic (exact) mass is 233 g/mol. The zero-order chi connectivity index (χ0) is 12.3. The van der Waals surface area contributed by atoms with Gasteiger partial charge in [0.05, 0.1) is 0 Å². The maximum atomic E-state index is 9.28. The summed E-state index contributed by atoms with van der Waals surface area (Å²) in [5.41, 5.74) is 7.72. The van der Waals surface area contributed by atoms with Gasteiger partial charge in [-0.05, 0) is 49.3 Å². The Morgan fingerprint density at radius 2 is 1.94 bits per heavy atom. The highest BCUT2D eigenvalue weighted by atomic mass is 16.3. The number of benzene rings is 1. The van der Waals surface area contributed by atoms with Crippen LogP contribution in [0.1, 0.15) is 44.6 Å². The van der Waals surface area contributed by atoms with E-state index < -0.39 is 0 Å². The Kier molecular flexibility index (Phi) is 3.72. The van der Waals surface area contributed by atoms with Gasteiger partial charge in [0.1, 0.15) is 5.75 Å². The molecular formula is C15H23NO. The summed E-state index contributed by atoms with van der Waals surface area (Å²) in [6.07, 6.45) is 6.98. The molecule has 0 aliphatic heterocycles. The Labute approximate surface area is 104 Å². The molecule has 1 aliphatic rings. The van der Waals surface area contributed by atoms with Gasteiger partial charge in [-0.25, -0.2) is 0 Å². The minimum absolute atomic E-state index is 0.0399. The van der Waals surface area contributed by atoms with Gasteiger partial charge in [0, 0.05) is 5.54 Å². The smallest absolute Gasteiger partial charge is 0.115 e. The van der Waals surface area contributed by atoms with Gasteiger partial charge in [-0.2, -0.15) is 0 Å². The van der Waals surface area contributed by atoms with Gasteiger partial charge < -0.3 is 10.8 Å². The van der Waals surface area contributed by atoms with E-state index in [2.05, 4.69) is 6.92 Å². The lowest BCUT2D eigenvalue weighted by atomic mass is 9.84. The number of hydrogen-bond acceptors (Lipinski definition) is 2. The summed E-state index contributed by atoms with van der Waals surface area (Å²) in [6, 6.07) is 7.46. The number of rotatable bonds is 2. The molecule has 0 radical (unpaired) electrons. The Morgan fingerprint density at radius 1 is 1.24 bits per heavy atom. The highest BCUT2D eigenvalue weighted by molar-refractivity contribution is 5.27. The predicted octanol–water partition coefficient (Wildman–Crippen LogP) is 3.23. The van der Waals surface area contributed by atoms with Crippen molar-refractivity contribution in [3.8, 4) is 5.75 Å². The number of hydrogen-bond donors (Lipinski definition) is 2. The third-order valence-corrected chi connectivity index (χ3v) is 4.00. The number of phenols is 1. The zero-order valence-corrected chi connectivity index (χ0v) is 10.7. The van der Waals surface area contributed by atoms with E-state index in [0.29, 0.717) is 5.75 Å². The number of aromatic hydroxyl groups is 1. The lowest BCUT2D eigenvalue weighted by Crippen LogP contribution is -2.41. The van der Waals surface area contributed by atoms with Crippen LogP contribution in [0, 0.1) is 5.92 Å².